The van der Waals surface area contributed by atoms with Crippen molar-refractivity contribution in [3.63, 3.8) is 0 Å². The predicted octanol–water partition coefficient (Wildman–Crippen LogP) is 5.53. The molecule has 0 saturated heterocycles. The lowest BCUT2D eigenvalue weighted by Gasteiger charge is -2.35. The second-order valence-electron chi connectivity index (χ2n) is 10.3. The molecule has 1 N–H and O–H groups in total. The van der Waals surface area contributed by atoms with E-state index in [-0.39, 0.29) is 18.9 Å². The van der Waals surface area contributed by atoms with Gasteiger partial charge in [0, 0.05) is 27.4 Å². The summed E-state index contributed by atoms with van der Waals surface area (Å²) in [4.78, 5) is 29.2. The lowest BCUT2D eigenvalue weighted by atomic mass is 10.0. The molecule has 0 unspecified atom stereocenters. The fourth-order valence-electron chi connectivity index (χ4n) is 4.06. The third kappa shape index (κ3) is 9.47. The highest BCUT2D eigenvalue weighted by Crippen LogP contribution is 2.23. The molecule has 2 amide bonds. The number of nitrogens with zero attached hydrogens (tertiary/aromatic N) is 2. The van der Waals surface area contributed by atoms with Crippen LogP contribution in [0.15, 0.2) is 87.8 Å². The Bertz CT molecular complexity index is 1390. The molecule has 0 heterocycles. The Balaban J connectivity index is 2.07. The first-order valence-electron chi connectivity index (χ1n) is 12.4. The van der Waals surface area contributed by atoms with Crippen molar-refractivity contribution >= 4 is 59.4 Å². The van der Waals surface area contributed by atoms with Crippen LogP contribution in [0.25, 0.3) is 0 Å². The average molecular weight is 679 g/mol. The molecule has 0 bridgehead atoms. The number of carbonyl (C=O) groups excluding carboxylic acids is 2. The Hall–Kier alpha value is -2.69. The van der Waals surface area contributed by atoms with Crippen molar-refractivity contribution in [2.45, 2.75) is 45.3 Å². The van der Waals surface area contributed by atoms with Crippen LogP contribution in [0.3, 0.4) is 0 Å². The van der Waals surface area contributed by atoms with E-state index in [4.69, 9.17) is 0 Å². The lowest BCUT2D eigenvalue weighted by Crippen LogP contribution is -2.56. The van der Waals surface area contributed by atoms with Crippen molar-refractivity contribution in [2.24, 2.45) is 0 Å². The summed E-state index contributed by atoms with van der Waals surface area (Å²) in [5.74, 6) is -0.808. The van der Waals surface area contributed by atoms with Gasteiger partial charge < -0.3 is 10.2 Å². The first-order valence-corrected chi connectivity index (χ1v) is 15.8. The minimum Gasteiger partial charge on any atom is -0.350 e. The number of nitrogens with one attached hydrogen (secondary N) is 1. The fourth-order valence-corrected chi connectivity index (χ4v) is 5.62. The zero-order valence-electron chi connectivity index (χ0n) is 22.4. The van der Waals surface area contributed by atoms with Crippen molar-refractivity contribution < 1.29 is 18.0 Å². The van der Waals surface area contributed by atoms with Crippen LogP contribution in [0.4, 0.5) is 5.69 Å². The number of halogens is 2. The summed E-state index contributed by atoms with van der Waals surface area (Å²) in [6.45, 7) is 5.30. The molecule has 0 aliphatic carbocycles. The Morgan fingerprint density at radius 2 is 1.49 bits per heavy atom. The molecule has 0 spiro atoms. The number of hydrogen-bond donors (Lipinski definition) is 1. The second kappa shape index (κ2) is 13.1. The van der Waals surface area contributed by atoms with Gasteiger partial charge in [-0.15, -0.1) is 0 Å². The van der Waals surface area contributed by atoms with Gasteiger partial charge in [-0.3, -0.25) is 13.9 Å². The van der Waals surface area contributed by atoms with E-state index in [1.807, 2.05) is 75.4 Å². The number of hydrogen-bond acceptors (Lipinski definition) is 4. The van der Waals surface area contributed by atoms with E-state index in [1.54, 1.807) is 24.3 Å². The highest BCUT2D eigenvalue weighted by molar-refractivity contribution is 9.10. The molecule has 0 fully saturated rings. The molecule has 1 atom stereocenters. The van der Waals surface area contributed by atoms with E-state index in [9.17, 15) is 18.0 Å². The van der Waals surface area contributed by atoms with Gasteiger partial charge in [0.1, 0.15) is 12.6 Å². The van der Waals surface area contributed by atoms with Gasteiger partial charge in [0.15, 0.2) is 0 Å². The molecular weight excluding hydrogens is 646 g/mol. The van der Waals surface area contributed by atoms with Crippen molar-refractivity contribution in [3.05, 3.63) is 98.9 Å². The summed E-state index contributed by atoms with van der Waals surface area (Å²) in [6, 6.07) is 22.8. The van der Waals surface area contributed by atoms with E-state index in [0.717, 1.165) is 30.6 Å². The molecule has 208 valence electrons. The van der Waals surface area contributed by atoms with Gasteiger partial charge in [-0.1, -0.05) is 74.3 Å². The minimum atomic E-state index is -3.81. The maximum absolute atomic E-state index is 14.1. The van der Waals surface area contributed by atoms with E-state index in [0.29, 0.717) is 5.69 Å². The first kappa shape index (κ1) is 30.8. The number of benzene rings is 3. The SMILES string of the molecule is CC(C)(C)NC(=O)[C@H](Cc1ccccc1)N(Cc1cccc(Br)c1)C(=O)CN(c1ccc(Br)cc1)S(C)(=O)=O. The number of amides is 2. The number of anilines is 1. The third-order valence-electron chi connectivity index (χ3n) is 5.81. The highest BCUT2D eigenvalue weighted by Gasteiger charge is 2.34. The molecule has 39 heavy (non-hydrogen) atoms. The van der Waals surface area contributed by atoms with Crippen molar-refractivity contribution in [3.8, 4) is 0 Å². The van der Waals surface area contributed by atoms with Crippen LogP contribution in [0.5, 0.6) is 0 Å². The van der Waals surface area contributed by atoms with Gasteiger partial charge in [-0.2, -0.15) is 0 Å². The maximum Gasteiger partial charge on any atom is 0.244 e. The molecule has 3 rings (SSSR count). The van der Waals surface area contributed by atoms with Gasteiger partial charge in [0.05, 0.1) is 11.9 Å². The molecule has 0 saturated carbocycles. The van der Waals surface area contributed by atoms with Gasteiger partial charge in [0.25, 0.3) is 0 Å². The summed E-state index contributed by atoms with van der Waals surface area (Å²) in [6.07, 6.45) is 1.33. The Morgan fingerprint density at radius 1 is 0.872 bits per heavy atom. The van der Waals surface area contributed by atoms with Crippen LogP contribution in [0.1, 0.15) is 31.9 Å². The predicted molar refractivity (Wildman–Crippen MR) is 163 cm³/mol. The molecule has 0 aromatic heterocycles. The average Bonchev–Trinajstić information content (AvgIpc) is 2.84. The Labute approximate surface area is 247 Å². The van der Waals surface area contributed by atoms with E-state index in [1.165, 1.54) is 4.90 Å². The second-order valence-corrected chi connectivity index (χ2v) is 14.1. The van der Waals surface area contributed by atoms with Gasteiger partial charge in [0.2, 0.25) is 21.8 Å². The molecule has 3 aromatic rings. The lowest BCUT2D eigenvalue weighted by molar-refractivity contribution is -0.140. The van der Waals surface area contributed by atoms with E-state index < -0.39 is 34.1 Å². The van der Waals surface area contributed by atoms with E-state index in [2.05, 4.69) is 37.2 Å². The quantitative estimate of drug-likeness (QED) is 0.306. The van der Waals surface area contributed by atoms with Crippen molar-refractivity contribution in [2.75, 3.05) is 17.1 Å². The highest BCUT2D eigenvalue weighted by atomic mass is 79.9. The smallest absolute Gasteiger partial charge is 0.244 e. The van der Waals surface area contributed by atoms with Crippen molar-refractivity contribution in [1.29, 1.82) is 0 Å². The summed E-state index contributed by atoms with van der Waals surface area (Å²) in [5, 5.41) is 3.01. The normalized spacial score (nSPS) is 12.5. The summed E-state index contributed by atoms with van der Waals surface area (Å²) in [5.41, 5.74) is 1.50. The van der Waals surface area contributed by atoms with Crippen LogP contribution in [0, 0.1) is 0 Å². The van der Waals surface area contributed by atoms with Gasteiger partial charge in [-0.25, -0.2) is 8.42 Å². The van der Waals surface area contributed by atoms with Crippen LogP contribution in [-0.4, -0.2) is 49.5 Å². The van der Waals surface area contributed by atoms with Crippen molar-refractivity contribution in [1.82, 2.24) is 10.2 Å². The first-order chi connectivity index (χ1) is 18.2. The molecule has 0 aliphatic rings. The van der Waals surface area contributed by atoms with Crippen LogP contribution >= 0.6 is 31.9 Å². The Kier molecular flexibility index (Phi) is 10.4. The molecule has 10 heteroatoms. The Morgan fingerprint density at radius 3 is 2.05 bits per heavy atom. The van der Waals surface area contributed by atoms with Crippen LogP contribution < -0.4 is 9.62 Å². The summed E-state index contributed by atoms with van der Waals surface area (Å²) in [7, 11) is -3.81. The zero-order valence-corrected chi connectivity index (χ0v) is 26.4. The molecule has 3 aromatic carbocycles. The summed E-state index contributed by atoms with van der Waals surface area (Å²) >= 11 is 6.84. The van der Waals surface area contributed by atoms with Crippen LogP contribution in [0.2, 0.25) is 0 Å². The largest absolute Gasteiger partial charge is 0.350 e. The van der Waals surface area contributed by atoms with Crippen LogP contribution in [-0.2, 0) is 32.6 Å². The topological polar surface area (TPSA) is 86.8 Å². The summed E-state index contributed by atoms with van der Waals surface area (Å²) < 4.78 is 28.3. The number of sulfonamides is 1. The molecule has 0 radical (unpaired) electrons. The maximum atomic E-state index is 14.1. The molecule has 0 aliphatic heterocycles. The van der Waals surface area contributed by atoms with E-state index >= 15 is 0 Å². The number of rotatable bonds is 10. The minimum absolute atomic E-state index is 0.116. The van der Waals surface area contributed by atoms with Gasteiger partial charge >= 0.3 is 0 Å². The monoisotopic (exact) mass is 677 g/mol. The number of carbonyl (C=O) groups is 2. The third-order valence-corrected chi connectivity index (χ3v) is 7.97. The molecule has 7 nitrogen and oxygen atoms in total. The zero-order chi connectivity index (χ0) is 28.8. The standard InChI is InChI=1S/C29H33Br2N3O4S/c1-29(2,3)32-28(36)26(18-21-9-6-5-7-10-21)33(19-22-11-8-12-24(31)17-22)27(35)20-34(39(4,37)38)25-15-13-23(30)14-16-25/h5-17,26H,18-20H2,1-4H3,(H,32,36)/t26-/m0/s1. The molecular formula is C29H33Br2N3O4S. The van der Waals surface area contributed by atoms with Gasteiger partial charge in [-0.05, 0) is 68.3 Å². The fraction of sp³-hybridized carbons (Fsp3) is 0.310.